The zero-order valence-electron chi connectivity index (χ0n) is 14.8. The summed E-state index contributed by atoms with van der Waals surface area (Å²) < 4.78 is 0. The van der Waals surface area contributed by atoms with Crippen LogP contribution in [0.1, 0.15) is 24.1 Å². The van der Waals surface area contributed by atoms with E-state index in [9.17, 15) is 4.79 Å². The number of hydrogen-bond acceptors (Lipinski definition) is 4. The topological polar surface area (TPSA) is 49.3 Å². The molecule has 3 rings (SSSR count). The minimum absolute atomic E-state index is 0.253. The maximum atomic E-state index is 12.4. The van der Waals surface area contributed by atoms with Crippen LogP contribution in [0.2, 0.25) is 0 Å². The molecule has 1 saturated heterocycles. The normalized spacial score (nSPS) is 17.2. The maximum absolute atomic E-state index is 12.4. The van der Waals surface area contributed by atoms with Crippen molar-refractivity contribution in [2.24, 2.45) is 5.92 Å². The molecule has 0 N–H and O–H groups in total. The molecule has 1 amide bonds. The average Bonchev–Trinajstić information content (AvgIpc) is 3.10. The second kappa shape index (κ2) is 8.72. The fraction of sp³-hybridized carbons (Fsp3) is 0.450. The highest BCUT2D eigenvalue weighted by molar-refractivity contribution is 5.76. The molecular weight excluding hydrogens is 312 g/mol. The monoisotopic (exact) mass is 338 g/mol. The van der Waals surface area contributed by atoms with Crippen molar-refractivity contribution in [3.05, 3.63) is 60.2 Å². The average molecular weight is 338 g/mol. The Morgan fingerprint density at radius 3 is 2.96 bits per heavy atom. The zero-order valence-corrected chi connectivity index (χ0v) is 14.8. The molecule has 2 aromatic rings. The second-order valence-electron chi connectivity index (χ2n) is 6.87. The van der Waals surface area contributed by atoms with Gasteiger partial charge in [-0.1, -0.05) is 12.1 Å². The third-order valence-corrected chi connectivity index (χ3v) is 4.70. The van der Waals surface area contributed by atoms with Crippen LogP contribution in [0.4, 0.5) is 0 Å². The van der Waals surface area contributed by atoms with E-state index < -0.39 is 0 Å². The summed E-state index contributed by atoms with van der Waals surface area (Å²) in [5.74, 6) is 0.809. The van der Waals surface area contributed by atoms with E-state index in [1.54, 1.807) is 12.4 Å². The van der Waals surface area contributed by atoms with Crippen molar-refractivity contribution >= 4 is 5.91 Å². The lowest BCUT2D eigenvalue weighted by molar-refractivity contribution is -0.130. The van der Waals surface area contributed by atoms with Crippen LogP contribution in [0.3, 0.4) is 0 Å². The van der Waals surface area contributed by atoms with E-state index >= 15 is 0 Å². The minimum Gasteiger partial charge on any atom is -0.342 e. The van der Waals surface area contributed by atoms with Gasteiger partial charge in [0, 0.05) is 56.9 Å². The van der Waals surface area contributed by atoms with Crippen molar-refractivity contribution in [2.45, 2.75) is 25.8 Å². The van der Waals surface area contributed by atoms with Gasteiger partial charge >= 0.3 is 0 Å². The molecule has 1 fully saturated rings. The van der Waals surface area contributed by atoms with Gasteiger partial charge in [0.2, 0.25) is 5.91 Å². The molecule has 2 aromatic heterocycles. The van der Waals surface area contributed by atoms with Crippen LogP contribution in [-0.2, 0) is 17.8 Å². The molecule has 1 atom stereocenters. The lowest BCUT2D eigenvalue weighted by Crippen LogP contribution is -2.31. The van der Waals surface area contributed by atoms with Gasteiger partial charge in [-0.25, -0.2) is 0 Å². The third-order valence-electron chi connectivity index (χ3n) is 4.70. The van der Waals surface area contributed by atoms with Gasteiger partial charge in [-0.05, 0) is 49.6 Å². The van der Waals surface area contributed by atoms with E-state index in [1.165, 1.54) is 5.56 Å². The molecule has 5 nitrogen and oxygen atoms in total. The van der Waals surface area contributed by atoms with Gasteiger partial charge in [0.05, 0.1) is 0 Å². The number of amides is 1. The Morgan fingerprint density at radius 2 is 2.20 bits per heavy atom. The predicted octanol–water partition coefficient (Wildman–Crippen LogP) is 2.39. The Morgan fingerprint density at radius 1 is 1.28 bits per heavy atom. The van der Waals surface area contributed by atoms with Gasteiger partial charge in [0.25, 0.3) is 0 Å². The van der Waals surface area contributed by atoms with Crippen LogP contribution in [0.5, 0.6) is 0 Å². The number of carbonyl (C=O) groups excluding carboxylic acids is 1. The SMILES string of the molecule is CN(Cc1cccnc1)C[C@@H]1CCN(C(=O)CCc2ccccn2)C1. The van der Waals surface area contributed by atoms with Gasteiger partial charge in [0.15, 0.2) is 0 Å². The lowest BCUT2D eigenvalue weighted by atomic mass is 10.1. The Balaban J connectivity index is 1.41. The predicted molar refractivity (Wildman–Crippen MR) is 97.8 cm³/mol. The van der Waals surface area contributed by atoms with Crippen LogP contribution in [-0.4, -0.2) is 52.4 Å². The Bertz CT molecular complexity index is 662. The quantitative estimate of drug-likeness (QED) is 0.778. The van der Waals surface area contributed by atoms with E-state index in [0.717, 1.165) is 44.7 Å². The Kier molecular flexibility index (Phi) is 6.12. The lowest BCUT2D eigenvalue weighted by Gasteiger charge is -2.21. The summed E-state index contributed by atoms with van der Waals surface area (Å²) in [7, 11) is 2.14. The van der Waals surface area contributed by atoms with Crippen molar-refractivity contribution in [1.29, 1.82) is 0 Å². The summed E-state index contributed by atoms with van der Waals surface area (Å²) in [6.45, 7) is 3.67. The molecule has 0 saturated carbocycles. The van der Waals surface area contributed by atoms with Crippen LogP contribution in [0.15, 0.2) is 48.9 Å². The first kappa shape index (κ1) is 17.5. The van der Waals surface area contributed by atoms with Crippen molar-refractivity contribution < 1.29 is 4.79 Å². The Labute approximate surface area is 149 Å². The van der Waals surface area contributed by atoms with Crippen molar-refractivity contribution in [3.63, 3.8) is 0 Å². The molecule has 1 aliphatic rings. The fourth-order valence-corrected chi connectivity index (χ4v) is 3.46. The summed E-state index contributed by atoms with van der Waals surface area (Å²) in [4.78, 5) is 25.2. The fourth-order valence-electron chi connectivity index (χ4n) is 3.46. The highest BCUT2D eigenvalue weighted by atomic mass is 16.2. The molecule has 132 valence electrons. The molecule has 0 radical (unpaired) electrons. The number of likely N-dealkylation sites (tertiary alicyclic amines) is 1. The van der Waals surface area contributed by atoms with E-state index in [4.69, 9.17) is 0 Å². The minimum atomic E-state index is 0.253. The molecule has 0 aliphatic carbocycles. The van der Waals surface area contributed by atoms with Gasteiger partial charge in [-0.2, -0.15) is 0 Å². The third kappa shape index (κ3) is 5.36. The van der Waals surface area contributed by atoms with Gasteiger partial charge in [-0.3, -0.25) is 14.8 Å². The molecule has 0 spiro atoms. The summed E-state index contributed by atoms with van der Waals surface area (Å²) in [6, 6.07) is 9.93. The van der Waals surface area contributed by atoms with Crippen molar-refractivity contribution in [1.82, 2.24) is 19.8 Å². The summed E-state index contributed by atoms with van der Waals surface area (Å²) >= 11 is 0. The first-order valence-electron chi connectivity index (χ1n) is 8.96. The van der Waals surface area contributed by atoms with Gasteiger partial charge in [0.1, 0.15) is 0 Å². The van der Waals surface area contributed by atoms with Crippen LogP contribution in [0.25, 0.3) is 0 Å². The van der Waals surface area contributed by atoms with E-state index in [1.807, 2.05) is 35.4 Å². The number of rotatable bonds is 7. The molecule has 3 heterocycles. The number of nitrogens with zero attached hydrogens (tertiary/aromatic N) is 4. The van der Waals surface area contributed by atoms with E-state index in [0.29, 0.717) is 12.3 Å². The first-order valence-corrected chi connectivity index (χ1v) is 8.96. The number of aryl methyl sites for hydroxylation is 1. The van der Waals surface area contributed by atoms with E-state index in [-0.39, 0.29) is 5.91 Å². The molecular formula is C20H26N4O. The standard InChI is InChI=1S/C20H26N4O/c1-23(14-17-5-4-10-21-13-17)15-18-9-12-24(16-18)20(25)8-7-19-6-2-3-11-22-19/h2-6,10-11,13,18H,7-9,12,14-16H2,1H3/t18-/m0/s1. The summed E-state index contributed by atoms with van der Waals surface area (Å²) in [6.07, 6.45) is 7.86. The molecule has 0 unspecified atom stereocenters. The van der Waals surface area contributed by atoms with E-state index in [2.05, 4.69) is 28.0 Å². The van der Waals surface area contributed by atoms with Crippen LogP contribution < -0.4 is 0 Å². The molecule has 25 heavy (non-hydrogen) atoms. The van der Waals surface area contributed by atoms with Crippen molar-refractivity contribution in [2.75, 3.05) is 26.7 Å². The number of hydrogen-bond donors (Lipinski definition) is 0. The van der Waals surface area contributed by atoms with Gasteiger partial charge in [-0.15, -0.1) is 0 Å². The second-order valence-corrected chi connectivity index (χ2v) is 6.87. The van der Waals surface area contributed by atoms with Crippen molar-refractivity contribution in [3.8, 4) is 0 Å². The van der Waals surface area contributed by atoms with Crippen LogP contribution in [0, 0.1) is 5.92 Å². The molecule has 0 aromatic carbocycles. The largest absolute Gasteiger partial charge is 0.342 e. The number of carbonyl (C=O) groups is 1. The summed E-state index contributed by atoms with van der Waals surface area (Å²) in [5, 5.41) is 0. The van der Waals surface area contributed by atoms with Gasteiger partial charge < -0.3 is 9.80 Å². The molecule has 5 heteroatoms. The van der Waals surface area contributed by atoms with Crippen LogP contribution >= 0.6 is 0 Å². The molecule has 1 aliphatic heterocycles. The first-order chi connectivity index (χ1) is 12.2. The summed E-state index contributed by atoms with van der Waals surface area (Å²) in [5.41, 5.74) is 2.22. The highest BCUT2D eigenvalue weighted by Crippen LogP contribution is 2.19. The number of pyridine rings is 2. The molecule has 0 bridgehead atoms. The zero-order chi connectivity index (χ0) is 17.5. The number of aromatic nitrogens is 2. The smallest absolute Gasteiger partial charge is 0.222 e. The Hall–Kier alpha value is -2.27. The maximum Gasteiger partial charge on any atom is 0.222 e. The highest BCUT2D eigenvalue weighted by Gasteiger charge is 2.26.